The van der Waals surface area contributed by atoms with E-state index in [1.165, 1.54) is 0 Å². The summed E-state index contributed by atoms with van der Waals surface area (Å²) in [6, 6.07) is 9.38. The third-order valence-corrected chi connectivity index (χ3v) is 5.09. The molecule has 2 heterocycles. The Hall–Kier alpha value is -3.24. The highest BCUT2D eigenvalue weighted by molar-refractivity contribution is 6.83. The normalized spacial score (nSPS) is 12.1. The first-order valence-electron chi connectivity index (χ1n) is 9.46. The van der Waals surface area contributed by atoms with Gasteiger partial charge in [0, 0.05) is 28.9 Å². The molecule has 1 atom stereocenters. The van der Waals surface area contributed by atoms with Crippen molar-refractivity contribution in [3.8, 4) is 17.2 Å². The Labute approximate surface area is 171 Å². The van der Waals surface area contributed by atoms with Gasteiger partial charge in [0.2, 0.25) is 0 Å². The Morgan fingerprint density at radius 3 is 2.86 bits per heavy atom. The molecule has 0 aliphatic heterocycles. The smallest absolute Gasteiger partial charge is 0.405 e. The van der Waals surface area contributed by atoms with E-state index in [9.17, 15) is 9.90 Å². The van der Waals surface area contributed by atoms with Crippen molar-refractivity contribution in [2.24, 2.45) is 0 Å². The van der Waals surface area contributed by atoms with E-state index < -0.39 is 20.2 Å². The lowest BCUT2D eigenvalue weighted by Gasteiger charge is -2.17. The van der Waals surface area contributed by atoms with E-state index in [0.717, 1.165) is 22.0 Å². The van der Waals surface area contributed by atoms with Crippen LogP contribution in [0, 0.1) is 11.5 Å². The van der Waals surface area contributed by atoms with Crippen molar-refractivity contribution in [2.45, 2.75) is 32.1 Å². The average Bonchev–Trinajstić information content (AvgIpc) is 3.07. The van der Waals surface area contributed by atoms with E-state index in [1.807, 2.05) is 36.5 Å². The molecule has 29 heavy (non-hydrogen) atoms. The van der Waals surface area contributed by atoms with Crippen LogP contribution in [0.3, 0.4) is 0 Å². The molecule has 3 N–H and O–H groups in total. The van der Waals surface area contributed by atoms with Crippen LogP contribution in [-0.2, 0) is 6.42 Å². The van der Waals surface area contributed by atoms with Gasteiger partial charge in [-0.3, -0.25) is 4.98 Å². The Morgan fingerprint density at radius 2 is 2.10 bits per heavy atom. The minimum Gasteiger partial charge on any atom is -0.490 e. The SMILES string of the molecule is C[Si](C)(C)C#Cc1cncc(OC[C@H](Cc2c[nH]c3ccccc23)NC(=O)O)c1. The summed E-state index contributed by atoms with van der Waals surface area (Å²) >= 11 is 0. The summed E-state index contributed by atoms with van der Waals surface area (Å²) in [4.78, 5) is 18.6. The van der Waals surface area contributed by atoms with Gasteiger partial charge in [0.15, 0.2) is 0 Å². The topological polar surface area (TPSA) is 87.2 Å². The van der Waals surface area contributed by atoms with E-state index in [4.69, 9.17) is 4.74 Å². The van der Waals surface area contributed by atoms with E-state index in [2.05, 4.69) is 46.4 Å². The van der Waals surface area contributed by atoms with Gasteiger partial charge in [0.1, 0.15) is 20.4 Å². The molecule has 3 rings (SSSR count). The van der Waals surface area contributed by atoms with Crippen molar-refractivity contribution < 1.29 is 14.6 Å². The number of hydrogen-bond donors (Lipinski definition) is 3. The number of pyridine rings is 1. The largest absolute Gasteiger partial charge is 0.490 e. The highest BCUT2D eigenvalue weighted by Crippen LogP contribution is 2.20. The van der Waals surface area contributed by atoms with Gasteiger partial charge in [-0.2, -0.15) is 0 Å². The lowest BCUT2D eigenvalue weighted by molar-refractivity contribution is 0.181. The summed E-state index contributed by atoms with van der Waals surface area (Å²) in [5.74, 6) is 3.73. The minimum atomic E-state index is -1.48. The first-order valence-corrected chi connectivity index (χ1v) is 13.0. The van der Waals surface area contributed by atoms with Crippen LogP contribution in [0.2, 0.25) is 19.6 Å². The number of para-hydroxylation sites is 1. The van der Waals surface area contributed by atoms with E-state index >= 15 is 0 Å². The van der Waals surface area contributed by atoms with Crippen molar-refractivity contribution in [1.82, 2.24) is 15.3 Å². The van der Waals surface area contributed by atoms with Gasteiger partial charge in [-0.1, -0.05) is 43.8 Å². The number of rotatable bonds is 6. The first kappa shape index (κ1) is 20.5. The van der Waals surface area contributed by atoms with Crippen molar-refractivity contribution >= 4 is 25.1 Å². The molecule has 7 heteroatoms. The fourth-order valence-corrected chi connectivity index (χ4v) is 3.43. The number of H-pyrrole nitrogens is 1. The summed E-state index contributed by atoms with van der Waals surface area (Å²) in [6.07, 6.45) is 4.67. The molecule has 0 aliphatic carbocycles. The van der Waals surface area contributed by atoms with Crippen LogP contribution in [0.4, 0.5) is 4.79 Å². The number of carbonyl (C=O) groups is 1. The van der Waals surface area contributed by atoms with Crippen LogP contribution in [0.25, 0.3) is 10.9 Å². The summed E-state index contributed by atoms with van der Waals surface area (Å²) in [6.45, 7) is 6.74. The van der Waals surface area contributed by atoms with Gasteiger partial charge in [0.25, 0.3) is 0 Å². The van der Waals surface area contributed by atoms with Crippen molar-refractivity contribution in [2.75, 3.05) is 6.61 Å². The predicted molar refractivity (Wildman–Crippen MR) is 117 cm³/mol. The molecule has 1 aromatic carbocycles. The summed E-state index contributed by atoms with van der Waals surface area (Å²) in [7, 11) is -1.48. The molecule has 0 bridgehead atoms. The number of carboxylic acid groups (broad SMARTS) is 1. The lowest BCUT2D eigenvalue weighted by atomic mass is 10.1. The standard InChI is InChI=1S/C22H25N3O3Si/c1-29(2,3)9-8-16-10-19(14-23-12-16)28-15-18(25-22(26)27)11-17-13-24-21-7-5-4-6-20(17)21/h4-7,10,12-14,18,24-25H,11,15H2,1-3H3,(H,26,27)/t18-/m0/s1. The Kier molecular flexibility index (Phi) is 6.25. The van der Waals surface area contributed by atoms with Crippen LogP contribution >= 0.6 is 0 Å². The van der Waals surface area contributed by atoms with Crippen molar-refractivity contribution in [3.63, 3.8) is 0 Å². The zero-order valence-corrected chi connectivity index (χ0v) is 17.8. The maximum absolute atomic E-state index is 11.2. The molecule has 0 spiro atoms. The van der Waals surface area contributed by atoms with Crippen LogP contribution in [0.1, 0.15) is 11.1 Å². The molecule has 0 radical (unpaired) electrons. The fourth-order valence-electron chi connectivity index (χ4n) is 2.91. The molecule has 3 aromatic rings. The van der Waals surface area contributed by atoms with Gasteiger partial charge in [-0.05, 0) is 24.1 Å². The Morgan fingerprint density at radius 1 is 1.31 bits per heavy atom. The van der Waals surface area contributed by atoms with Crippen LogP contribution < -0.4 is 10.1 Å². The molecular weight excluding hydrogens is 382 g/mol. The second-order valence-corrected chi connectivity index (χ2v) is 12.7. The van der Waals surface area contributed by atoms with Crippen LogP contribution in [-0.4, -0.2) is 41.9 Å². The summed E-state index contributed by atoms with van der Waals surface area (Å²) in [5.41, 5.74) is 6.16. The first-order chi connectivity index (χ1) is 13.8. The number of benzene rings is 1. The summed E-state index contributed by atoms with van der Waals surface area (Å²) in [5, 5.41) is 12.8. The molecule has 2 aromatic heterocycles. The molecule has 0 fully saturated rings. The van der Waals surface area contributed by atoms with E-state index in [1.54, 1.807) is 12.4 Å². The molecule has 0 saturated heterocycles. The predicted octanol–water partition coefficient (Wildman–Crippen LogP) is 4.05. The monoisotopic (exact) mass is 407 g/mol. The Balaban J connectivity index is 1.71. The number of ether oxygens (including phenoxy) is 1. The zero-order chi connectivity index (χ0) is 20.9. The zero-order valence-electron chi connectivity index (χ0n) is 16.8. The molecule has 150 valence electrons. The van der Waals surface area contributed by atoms with Crippen molar-refractivity contribution in [1.29, 1.82) is 0 Å². The third kappa shape index (κ3) is 6.12. The third-order valence-electron chi connectivity index (χ3n) is 4.22. The number of amides is 1. The highest BCUT2D eigenvalue weighted by Gasteiger charge is 2.16. The van der Waals surface area contributed by atoms with E-state index in [-0.39, 0.29) is 6.61 Å². The number of aromatic amines is 1. The molecular formula is C22H25N3O3Si. The average molecular weight is 408 g/mol. The van der Waals surface area contributed by atoms with Crippen molar-refractivity contribution in [3.05, 3.63) is 60.0 Å². The maximum Gasteiger partial charge on any atom is 0.405 e. The molecule has 0 saturated carbocycles. The maximum atomic E-state index is 11.2. The van der Waals surface area contributed by atoms with E-state index in [0.29, 0.717) is 12.2 Å². The van der Waals surface area contributed by atoms with Crippen LogP contribution in [0.5, 0.6) is 5.75 Å². The molecule has 0 aliphatic rings. The second-order valence-electron chi connectivity index (χ2n) is 7.93. The number of nitrogens with zero attached hydrogens (tertiary/aromatic N) is 1. The highest BCUT2D eigenvalue weighted by atomic mass is 28.3. The van der Waals surface area contributed by atoms with Gasteiger partial charge in [-0.15, -0.1) is 5.54 Å². The minimum absolute atomic E-state index is 0.193. The number of nitrogens with one attached hydrogen (secondary N) is 2. The lowest BCUT2D eigenvalue weighted by Crippen LogP contribution is -2.39. The second kappa shape index (κ2) is 8.84. The number of aromatic nitrogens is 2. The number of fused-ring (bicyclic) bond motifs is 1. The van der Waals surface area contributed by atoms with Gasteiger partial charge in [0.05, 0.1) is 12.2 Å². The molecule has 0 unspecified atom stereocenters. The number of hydrogen-bond acceptors (Lipinski definition) is 3. The Bertz CT molecular complexity index is 1060. The van der Waals surface area contributed by atoms with Gasteiger partial charge >= 0.3 is 6.09 Å². The quantitative estimate of drug-likeness (QED) is 0.425. The fraction of sp³-hybridized carbons (Fsp3) is 0.273. The summed E-state index contributed by atoms with van der Waals surface area (Å²) < 4.78 is 5.85. The van der Waals surface area contributed by atoms with Gasteiger partial charge < -0.3 is 20.1 Å². The molecule has 1 amide bonds. The molecule has 6 nitrogen and oxygen atoms in total. The van der Waals surface area contributed by atoms with Gasteiger partial charge in [-0.25, -0.2) is 4.79 Å². The van der Waals surface area contributed by atoms with Crippen LogP contribution in [0.15, 0.2) is 48.9 Å².